The minimum Gasteiger partial charge on any atom is -0.261 e. The van der Waals surface area contributed by atoms with Crippen molar-refractivity contribution < 1.29 is 8.78 Å². The monoisotopic (exact) mass is 305 g/mol. The molecule has 0 radical (unpaired) electrons. The van der Waals surface area contributed by atoms with Gasteiger partial charge in [-0.2, -0.15) is 10.4 Å². The molecule has 0 bridgehead atoms. The molecule has 0 saturated heterocycles. The number of nitrogens with one attached hydrogen (secondary N) is 1. The largest absolute Gasteiger partial charge is 0.261 e. The highest BCUT2D eigenvalue weighted by Gasteiger charge is 2.10. The second-order valence-electron chi connectivity index (χ2n) is 3.82. The van der Waals surface area contributed by atoms with E-state index in [0.717, 1.165) is 24.5 Å². The Hall–Kier alpha value is -2.72. The third kappa shape index (κ3) is 3.07. The van der Waals surface area contributed by atoms with Gasteiger partial charge in [-0.05, 0) is 12.1 Å². The Balaban J connectivity index is 2.51. The number of pyridine rings is 1. The van der Waals surface area contributed by atoms with Gasteiger partial charge in [0.2, 0.25) is 0 Å². The Morgan fingerprint density at radius 3 is 2.71 bits per heavy atom. The molecule has 1 aromatic heterocycles. The van der Waals surface area contributed by atoms with Gasteiger partial charge in [-0.1, -0.05) is 11.6 Å². The summed E-state index contributed by atoms with van der Waals surface area (Å²) in [5.74, 6) is -1.44. The first kappa shape index (κ1) is 14.7. The van der Waals surface area contributed by atoms with Crippen LogP contribution < -0.4 is 0 Å². The number of rotatable bonds is 3. The molecule has 21 heavy (non-hydrogen) atoms. The van der Waals surface area contributed by atoms with Crippen LogP contribution in [0.1, 0.15) is 11.1 Å². The van der Waals surface area contributed by atoms with Crippen molar-refractivity contribution >= 4 is 29.2 Å². The Morgan fingerprint density at radius 2 is 2.05 bits per heavy atom. The summed E-state index contributed by atoms with van der Waals surface area (Å²) in [5.41, 5.74) is 6.79. The van der Waals surface area contributed by atoms with E-state index < -0.39 is 11.6 Å². The fourth-order valence-electron chi connectivity index (χ4n) is 1.57. The molecule has 0 aliphatic carbocycles. The van der Waals surface area contributed by atoms with Crippen LogP contribution in [-0.2, 0) is 0 Å². The molecule has 104 valence electrons. The minimum atomic E-state index is -0.778. The Morgan fingerprint density at radius 1 is 1.29 bits per heavy atom. The van der Waals surface area contributed by atoms with Gasteiger partial charge in [-0.25, -0.2) is 14.3 Å². The van der Waals surface area contributed by atoms with Gasteiger partial charge in [0, 0.05) is 18.0 Å². The van der Waals surface area contributed by atoms with Crippen molar-refractivity contribution in [3.8, 4) is 6.07 Å². The SMILES string of the molecule is N#Cc1cc(F)cc(Cl)c1/N=C/c1cncc(F)c1N=N. The Bertz CT molecular complexity index is 783. The van der Waals surface area contributed by atoms with Crippen molar-refractivity contribution in [1.29, 1.82) is 10.8 Å². The van der Waals surface area contributed by atoms with Crippen LogP contribution in [0, 0.1) is 28.5 Å². The average Bonchev–Trinajstić information content (AvgIpc) is 2.45. The maximum absolute atomic E-state index is 13.4. The zero-order valence-corrected chi connectivity index (χ0v) is 11.1. The molecule has 0 spiro atoms. The summed E-state index contributed by atoms with van der Waals surface area (Å²) in [6.07, 6.45) is 3.32. The summed E-state index contributed by atoms with van der Waals surface area (Å²) in [5, 5.41) is 11.9. The second kappa shape index (κ2) is 6.15. The van der Waals surface area contributed by atoms with Gasteiger partial charge in [-0.3, -0.25) is 9.98 Å². The van der Waals surface area contributed by atoms with Gasteiger partial charge in [0.25, 0.3) is 0 Å². The van der Waals surface area contributed by atoms with Gasteiger partial charge in [-0.15, -0.1) is 0 Å². The molecular formula is C13H6ClF2N5. The lowest BCUT2D eigenvalue weighted by molar-refractivity contribution is 0.621. The molecule has 5 nitrogen and oxygen atoms in total. The summed E-state index contributed by atoms with van der Waals surface area (Å²) in [7, 11) is 0. The molecule has 8 heteroatoms. The summed E-state index contributed by atoms with van der Waals surface area (Å²) in [6.45, 7) is 0. The molecule has 0 saturated carbocycles. The average molecular weight is 306 g/mol. The van der Waals surface area contributed by atoms with Gasteiger partial charge in [0.05, 0.1) is 22.5 Å². The number of aromatic nitrogens is 1. The maximum Gasteiger partial charge on any atom is 0.169 e. The van der Waals surface area contributed by atoms with Crippen LogP contribution >= 0.6 is 11.6 Å². The van der Waals surface area contributed by atoms with Crippen molar-refractivity contribution in [2.45, 2.75) is 0 Å². The van der Waals surface area contributed by atoms with Gasteiger partial charge < -0.3 is 0 Å². The number of aliphatic imine (C=N–C) groups is 1. The fourth-order valence-corrected chi connectivity index (χ4v) is 1.83. The number of hydrogen-bond acceptors (Lipinski definition) is 5. The highest BCUT2D eigenvalue weighted by atomic mass is 35.5. The van der Waals surface area contributed by atoms with Gasteiger partial charge in [0.15, 0.2) is 5.82 Å². The second-order valence-corrected chi connectivity index (χ2v) is 4.23. The third-order valence-corrected chi connectivity index (χ3v) is 2.78. The predicted molar refractivity (Wildman–Crippen MR) is 72.4 cm³/mol. The number of benzene rings is 1. The van der Waals surface area contributed by atoms with E-state index in [1.54, 1.807) is 6.07 Å². The molecular weight excluding hydrogens is 300 g/mol. The molecule has 0 fully saturated rings. The van der Waals surface area contributed by atoms with Crippen LogP contribution in [0.4, 0.5) is 20.2 Å². The first-order chi connectivity index (χ1) is 10.1. The molecule has 0 aliphatic rings. The van der Waals surface area contributed by atoms with Crippen LogP contribution in [0.5, 0.6) is 0 Å². The van der Waals surface area contributed by atoms with Crippen molar-refractivity contribution in [2.75, 3.05) is 0 Å². The van der Waals surface area contributed by atoms with Gasteiger partial charge in [0.1, 0.15) is 17.6 Å². The first-order valence-corrected chi connectivity index (χ1v) is 5.88. The number of hydrogen-bond donors (Lipinski definition) is 1. The zero-order valence-electron chi connectivity index (χ0n) is 10.3. The van der Waals surface area contributed by atoms with E-state index in [-0.39, 0.29) is 27.5 Å². The summed E-state index contributed by atoms with van der Waals surface area (Å²) in [6, 6.07) is 3.76. The molecule has 1 heterocycles. The molecule has 2 rings (SSSR count). The normalized spacial score (nSPS) is 10.6. The fraction of sp³-hybridized carbons (Fsp3) is 0. The van der Waals surface area contributed by atoms with Crippen LogP contribution in [0.25, 0.3) is 0 Å². The highest BCUT2D eigenvalue weighted by molar-refractivity contribution is 6.33. The molecule has 0 amide bonds. The standard InChI is InChI=1S/C13H6ClF2N5/c14-10-2-9(15)1-7(3-17)12(10)20-5-8-4-19-6-11(16)13(8)21-18/h1-2,4-6,18H/b20-5+,21-18?. The van der Waals surface area contributed by atoms with Crippen molar-refractivity contribution in [3.63, 3.8) is 0 Å². The smallest absolute Gasteiger partial charge is 0.169 e. The van der Waals surface area contributed by atoms with E-state index >= 15 is 0 Å². The number of halogens is 3. The van der Waals surface area contributed by atoms with E-state index in [9.17, 15) is 8.78 Å². The Labute approximate surface area is 123 Å². The van der Waals surface area contributed by atoms with Crippen LogP contribution in [0.3, 0.4) is 0 Å². The molecule has 0 unspecified atom stereocenters. The third-order valence-electron chi connectivity index (χ3n) is 2.49. The highest BCUT2D eigenvalue weighted by Crippen LogP contribution is 2.30. The molecule has 1 N–H and O–H groups in total. The van der Waals surface area contributed by atoms with E-state index in [0.29, 0.717) is 0 Å². The number of nitrogens with zero attached hydrogens (tertiary/aromatic N) is 4. The van der Waals surface area contributed by atoms with Crippen molar-refractivity contribution in [3.05, 3.63) is 52.3 Å². The lowest BCUT2D eigenvalue weighted by Crippen LogP contribution is -1.89. The molecule has 1 aromatic carbocycles. The quantitative estimate of drug-likeness (QED) is 0.677. The molecule has 2 aromatic rings. The first-order valence-electron chi connectivity index (χ1n) is 5.51. The lowest BCUT2D eigenvalue weighted by atomic mass is 10.2. The van der Waals surface area contributed by atoms with Crippen molar-refractivity contribution in [2.24, 2.45) is 10.1 Å². The topological polar surface area (TPSA) is 85.2 Å². The zero-order chi connectivity index (χ0) is 15.4. The van der Waals surface area contributed by atoms with Crippen molar-refractivity contribution in [1.82, 2.24) is 4.98 Å². The minimum absolute atomic E-state index is 0.0424. The lowest BCUT2D eigenvalue weighted by Gasteiger charge is -2.02. The van der Waals surface area contributed by atoms with Gasteiger partial charge >= 0.3 is 0 Å². The van der Waals surface area contributed by atoms with Crippen LogP contribution in [0.2, 0.25) is 5.02 Å². The van der Waals surface area contributed by atoms with E-state index in [1.807, 2.05) is 0 Å². The van der Waals surface area contributed by atoms with E-state index in [1.165, 1.54) is 6.20 Å². The summed E-state index contributed by atoms with van der Waals surface area (Å²) >= 11 is 5.83. The predicted octanol–water partition coefficient (Wildman–Crippen LogP) is 4.30. The summed E-state index contributed by atoms with van der Waals surface area (Å²) in [4.78, 5) is 7.56. The summed E-state index contributed by atoms with van der Waals surface area (Å²) < 4.78 is 26.5. The molecule has 0 atom stereocenters. The van der Waals surface area contributed by atoms with E-state index in [4.69, 9.17) is 22.4 Å². The number of nitriles is 1. The maximum atomic E-state index is 13.4. The molecule has 0 aliphatic heterocycles. The van der Waals surface area contributed by atoms with Crippen LogP contribution in [-0.4, -0.2) is 11.2 Å². The van der Waals surface area contributed by atoms with Crippen LogP contribution in [0.15, 0.2) is 34.6 Å². The van der Waals surface area contributed by atoms with E-state index in [2.05, 4.69) is 15.1 Å². The Kier molecular flexibility index (Phi) is 4.30.